The molecule has 0 radical (unpaired) electrons. The molecule has 1 fully saturated rings. The molecule has 3 aromatic rings. The van der Waals surface area contributed by atoms with Gasteiger partial charge >= 0.3 is 0 Å². The smallest absolute Gasteiger partial charge is 0.186 e. The molecule has 0 unspecified atom stereocenters. The minimum absolute atomic E-state index is 0.199. The van der Waals surface area contributed by atoms with E-state index in [1.165, 1.54) is 10.3 Å². The normalized spacial score (nSPS) is 15.6. The average molecular weight is 351 g/mol. The highest BCUT2D eigenvalue weighted by atomic mass is 32.1. The van der Waals surface area contributed by atoms with Crippen LogP contribution in [0.15, 0.2) is 48.5 Å². The number of anilines is 1. The van der Waals surface area contributed by atoms with Crippen LogP contribution in [0.4, 0.5) is 5.13 Å². The number of Topliss-reactive ketones (excluding diaryl/α,β-unsaturated/α-hetero) is 1. The molecule has 4 nitrogen and oxygen atoms in total. The number of benzene rings is 2. The maximum atomic E-state index is 12.4. The van der Waals surface area contributed by atoms with Gasteiger partial charge in [-0.2, -0.15) is 0 Å². The first kappa shape index (κ1) is 16.2. The van der Waals surface area contributed by atoms with Crippen molar-refractivity contribution in [3.05, 3.63) is 59.7 Å². The molecule has 2 heterocycles. The molecule has 0 amide bonds. The highest BCUT2D eigenvalue weighted by Gasteiger charge is 2.22. The molecular formula is C20H21N3OS. The molecule has 2 aromatic carbocycles. The minimum Gasteiger partial charge on any atom is -0.345 e. The molecule has 128 valence electrons. The Kier molecular flexibility index (Phi) is 4.51. The molecule has 0 saturated carbocycles. The summed E-state index contributed by atoms with van der Waals surface area (Å²) >= 11 is 1.76. The molecule has 1 aromatic heterocycles. The molecule has 0 bridgehead atoms. The van der Waals surface area contributed by atoms with Crippen LogP contribution in [-0.2, 0) is 0 Å². The summed E-state index contributed by atoms with van der Waals surface area (Å²) in [6.45, 7) is 6.23. The minimum atomic E-state index is 0.199. The average Bonchev–Trinajstić information content (AvgIpc) is 3.09. The van der Waals surface area contributed by atoms with Crippen LogP contribution in [0.5, 0.6) is 0 Å². The van der Waals surface area contributed by atoms with E-state index in [1.807, 2.05) is 30.3 Å². The van der Waals surface area contributed by atoms with Crippen LogP contribution >= 0.6 is 11.3 Å². The SMILES string of the molecule is Cc1cccc2sc(N3CCN(CC(=O)c4ccccc4)CC3)nc12. The standard InChI is InChI=1S/C20H21N3OS/c1-15-6-5-9-18-19(15)21-20(25-18)23-12-10-22(11-13-23)14-17(24)16-7-3-2-4-8-16/h2-9H,10-14H2,1H3. The molecule has 4 rings (SSSR count). The maximum absolute atomic E-state index is 12.4. The van der Waals surface area contributed by atoms with Crippen molar-refractivity contribution in [2.24, 2.45) is 0 Å². The first-order valence-corrected chi connectivity index (χ1v) is 9.44. The highest BCUT2D eigenvalue weighted by Crippen LogP contribution is 2.30. The van der Waals surface area contributed by atoms with Crippen LogP contribution in [0.3, 0.4) is 0 Å². The molecule has 1 aliphatic heterocycles. The Labute approximate surface area is 151 Å². The van der Waals surface area contributed by atoms with E-state index in [4.69, 9.17) is 4.98 Å². The Bertz CT molecular complexity index is 882. The zero-order valence-corrected chi connectivity index (χ0v) is 15.1. The molecule has 0 aliphatic carbocycles. The van der Waals surface area contributed by atoms with E-state index < -0.39 is 0 Å². The van der Waals surface area contributed by atoms with Gasteiger partial charge in [0, 0.05) is 31.7 Å². The van der Waals surface area contributed by atoms with Crippen molar-refractivity contribution in [3.63, 3.8) is 0 Å². The number of fused-ring (bicyclic) bond motifs is 1. The Balaban J connectivity index is 1.39. The molecule has 1 aliphatic rings. The Morgan fingerprint density at radius 2 is 1.80 bits per heavy atom. The monoisotopic (exact) mass is 351 g/mol. The van der Waals surface area contributed by atoms with Gasteiger partial charge in [-0.15, -0.1) is 0 Å². The van der Waals surface area contributed by atoms with Crippen LogP contribution in [0.2, 0.25) is 0 Å². The summed E-state index contributed by atoms with van der Waals surface area (Å²) in [5.41, 5.74) is 3.14. The first-order chi connectivity index (χ1) is 12.2. The summed E-state index contributed by atoms with van der Waals surface area (Å²) in [5, 5.41) is 1.10. The van der Waals surface area contributed by atoms with Crippen molar-refractivity contribution in [1.82, 2.24) is 9.88 Å². The third-order valence-corrected chi connectivity index (χ3v) is 5.80. The van der Waals surface area contributed by atoms with Gasteiger partial charge in [-0.1, -0.05) is 53.8 Å². The molecule has 0 atom stereocenters. The number of carbonyl (C=O) groups excluding carboxylic acids is 1. The van der Waals surface area contributed by atoms with E-state index in [9.17, 15) is 4.79 Å². The molecule has 0 N–H and O–H groups in total. The number of hydrogen-bond acceptors (Lipinski definition) is 5. The summed E-state index contributed by atoms with van der Waals surface area (Å²) in [4.78, 5) is 21.8. The van der Waals surface area contributed by atoms with Crippen LogP contribution in [0.25, 0.3) is 10.2 Å². The van der Waals surface area contributed by atoms with Gasteiger partial charge in [0.15, 0.2) is 10.9 Å². The second-order valence-corrected chi connectivity index (χ2v) is 7.48. The van der Waals surface area contributed by atoms with Gasteiger partial charge in [-0.05, 0) is 18.6 Å². The summed E-state index contributed by atoms with van der Waals surface area (Å²) in [6, 6.07) is 15.9. The maximum Gasteiger partial charge on any atom is 0.186 e. The number of ketones is 1. The number of piperazine rings is 1. The molecule has 0 spiro atoms. The molecule has 1 saturated heterocycles. The Morgan fingerprint density at radius 3 is 2.52 bits per heavy atom. The zero-order chi connectivity index (χ0) is 17.2. The fourth-order valence-electron chi connectivity index (χ4n) is 3.23. The second-order valence-electron chi connectivity index (χ2n) is 6.47. The first-order valence-electron chi connectivity index (χ1n) is 8.62. The predicted molar refractivity (Wildman–Crippen MR) is 104 cm³/mol. The number of nitrogens with zero attached hydrogens (tertiary/aromatic N) is 3. The van der Waals surface area contributed by atoms with Gasteiger partial charge in [0.05, 0.1) is 16.8 Å². The zero-order valence-electron chi connectivity index (χ0n) is 14.3. The molecular weight excluding hydrogens is 330 g/mol. The fourth-order valence-corrected chi connectivity index (χ4v) is 4.32. The van der Waals surface area contributed by atoms with E-state index in [-0.39, 0.29) is 5.78 Å². The van der Waals surface area contributed by atoms with Crippen molar-refractivity contribution in [3.8, 4) is 0 Å². The third kappa shape index (κ3) is 3.43. The third-order valence-electron chi connectivity index (χ3n) is 4.72. The second kappa shape index (κ2) is 6.94. The van der Waals surface area contributed by atoms with Gasteiger partial charge in [-0.25, -0.2) is 4.98 Å². The number of thiazole rings is 1. The summed E-state index contributed by atoms with van der Waals surface area (Å²) in [7, 11) is 0. The molecule has 25 heavy (non-hydrogen) atoms. The van der Waals surface area contributed by atoms with E-state index >= 15 is 0 Å². The van der Waals surface area contributed by atoms with Gasteiger partial charge in [0.25, 0.3) is 0 Å². The van der Waals surface area contributed by atoms with Gasteiger partial charge < -0.3 is 4.90 Å². The van der Waals surface area contributed by atoms with E-state index in [0.717, 1.165) is 42.4 Å². The van der Waals surface area contributed by atoms with Gasteiger partial charge in [0.1, 0.15) is 0 Å². The van der Waals surface area contributed by atoms with Gasteiger partial charge in [0.2, 0.25) is 0 Å². The number of rotatable bonds is 4. The summed E-state index contributed by atoms with van der Waals surface area (Å²) in [6.07, 6.45) is 0. The summed E-state index contributed by atoms with van der Waals surface area (Å²) < 4.78 is 1.25. The number of aromatic nitrogens is 1. The Morgan fingerprint density at radius 1 is 1.04 bits per heavy atom. The lowest BCUT2D eigenvalue weighted by atomic mass is 10.1. The summed E-state index contributed by atoms with van der Waals surface area (Å²) in [5.74, 6) is 0.199. The number of carbonyl (C=O) groups is 1. The largest absolute Gasteiger partial charge is 0.345 e. The van der Waals surface area contributed by atoms with Crippen LogP contribution in [0.1, 0.15) is 15.9 Å². The lowest BCUT2D eigenvalue weighted by Crippen LogP contribution is -2.48. The van der Waals surface area contributed by atoms with Crippen molar-refractivity contribution in [1.29, 1.82) is 0 Å². The quantitative estimate of drug-likeness (QED) is 0.673. The number of para-hydroxylation sites is 1. The van der Waals surface area contributed by atoms with Gasteiger partial charge in [-0.3, -0.25) is 9.69 Å². The number of hydrogen-bond donors (Lipinski definition) is 0. The lowest BCUT2D eigenvalue weighted by molar-refractivity contribution is 0.0926. The van der Waals surface area contributed by atoms with Crippen LogP contribution in [0, 0.1) is 6.92 Å². The van der Waals surface area contributed by atoms with Crippen LogP contribution in [-0.4, -0.2) is 48.4 Å². The van der Waals surface area contributed by atoms with E-state index in [2.05, 4.69) is 34.9 Å². The van der Waals surface area contributed by atoms with Crippen molar-refractivity contribution in [2.75, 3.05) is 37.6 Å². The topological polar surface area (TPSA) is 36.4 Å². The van der Waals surface area contributed by atoms with Crippen molar-refractivity contribution < 1.29 is 4.79 Å². The highest BCUT2D eigenvalue weighted by molar-refractivity contribution is 7.22. The number of aryl methyl sites for hydroxylation is 1. The van der Waals surface area contributed by atoms with E-state index in [0.29, 0.717) is 6.54 Å². The fraction of sp³-hybridized carbons (Fsp3) is 0.300. The Hall–Kier alpha value is -2.24. The molecule has 5 heteroatoms. The van der Waals surface area contributed by atoms with Crippen molar-refractivity contribution >= 4 is 32.5 Å². The predicted octanol–water partition coefficient (Wildman–Crippen LogP) is 3.61. The van der Waals surface area contributed by atoms with Crippen molar-refractivity contribution in [2.45, 2.75) is 6.92 Å². The van der Waals surface area contributed by atoms with Crippen LogP contribution < -0.4 is 4.90 Å². The lowest BCUT2D eigenvalue weighted by Gasteiger charge is -2.34. The van der Waals surface area contributed by atoms with E-state index in [1.54, 1.807) is 11.3 Å².